The maximum Gasteiger partial charge on any atom is 0.356 e. The average molecular weight is 264 g/mol. The van der Waals surface area contributed by atoms with E-state index >= 15 is 0 Å². The van der Waals surface area contributed by atoms with Gasteiger partial charge in [0.15, 0.2) is 5.69 Å². The molecule has 4 nitrogen and oxygen atoms in total. The van der Waals surface area contributed by atoms with Crippen LogP contribution in [0.1, 0.15) is 10.5 Å². The molecular weight excluding hydrogens is 252 g/mol. The van der Waals surface area contributed by atoms with Gasteiger partial charge in [-0.2, -0.15) is 5.10 Å². The van der Waals surface area contributed by atoms with Gasteiger partial charge in [-0.25, -0.2) is 9.48 Å². The average Bonchev–Trinajstić information content (AvgIpc) is 2.98. The van der Waals surface area contributed by atoms with Crippen LogP contribution in [0.3, 0.4) is 0 Å². The van der Waals surface area contributed by atoms with Gasteiger partial charge >= 0.3 is 5.97 Å². The number of nitrogens with zero attached hydrogens (tertiary/aromatic N) is 2. The van der Waals surface area contributed by atoms with Gasteiger partial charge in [0.1, 0.15) is 0 Å². The second kappa shape index (κ2) is 5.01. The van der Waals surface area contributed by atoms with E-state index in [1.807, 2.05) is 54.6 Å². The van der Waals surface area contributed by atoms with Crippen molar-refractivity contribution in [3.63, 3.8) is 0 Å². The molecule has 0 aliphatic carbocycles. The van der Waals surface area contributed by atoms with Gasteiger partial charge in [0, 0.05) is 11.8 Å². The summed E-state index contributed by atoms with van der Waals surface area (Å²) in [5.41, 5.74) is 2.96. The third kappa shape index (κ3) is 2.19. The predicted octanol–water partition coefficient (Wildman–Crippen LogP) is 3.24. The molecule has 0 bridgehead atoms. The lowest BCUT2D eigenvalue weighted by molar-refractivity contribution is 0.0690. The van der Waals surface area contributed by atoms with Crippen molar-refractivity contribution in [1.82, 2.24) is 9.78 Å². The standard InChI is InChI=1S/C16H12N2O2/c19-16(20)14-10-11-18(17-14)15-9-5-4-8-13(15)12-6-2-1-3-7-12/h1-11H,(H,19,20). The number of aromatic carboxylic acids is 1. The normalized spacial score (nSPS) is 10.4. The van der Waals surface area contributed by atoms with Crippen LogP contribution in [0.2, 0.25) is 0 Å². The number of hydrogen-bond donors (Lipinski definition) is 1. The highest BCUT2D eigenvalue weighted by Gasteiger charge is 2.10. The molecular formula is C16H12N2O2. The van der Waals surface area contributed by atoms with Crippen LogP contribution in [0.25, 0.3) is 16.8 Å². The van der Waals surface area contributed by atoms with Gasteiger partial charge in [-0.05, 0) is 17.7 Å². The molecule has 1 aromatic heterocycles. The van der Waals surface area contributed by atoms with Gasteiger partial charge < -0.3 is 5.11 Å². The van der Waals surface area contributed by atoms with E-state index in [1.54, 1.807) is 10.9 Å². The largest absolute Gasteiger partial charge is 0.476 e. The minimum atomic E-state index is -1.03. The van der Waals surface area contributed by atoms with E-state index in [1.165, 1.54) is 6.07 Å². The summed E-state index contributed by atoms with van der Waals surface area (Å²) in [4.78, 5) is 10.9. The Morgan fingerprint density at radius 3 is 2.35 bits per heavy atom. The summed E-state index contributed by atoms with van der Waals surface area (Å²) in [5, 5.41) is 13.0. The lowest BCUT2D eigenvalue weighted by Crippen LogP contribution is -2.02. The summed E-state index contributed by atoms with van der Waals surface area (Å²) in [6, 6.07) is 19.2. The maximum absolute atomic E-state index is 10.9. The molecule has 0 fully saturated rings. The number of carboxylic acids is 1. The Bertz CT molecular complexity index is 748. The molecule has 2 aromatic carbocycles. The molecule has 0 saturated heterocycles. The van der Waals surface area contributed by atoms with Crippen LogP contribution in [0.4, 0.5) is 0 Å². The lowest BCUT2D eigenvalue weighted by Gasteiger charge is -2.09. The van der Waals surface area contributed by atoms with E-state index < -0.39 is 5.97 Å². The number of carbonyl (C=O) groups is 1. The van der Waals surface area contributed by atoms with Crippen LogP contribution in [0.15, 0.2) is 66.9 Å². The summed E-state index contributed by atoms with van der Waals surface area (Å²) >= 11 is 0. The third-order valence-electron chi connectivity index (χ3n) is 3.04. The first kappa shape index (κ1) is 12.2. The molecule has 4 heteroatoms. The number of carboxylic acid groups (broad SMARTS) is 1. The number of benzene rings is 2. The van der Waals surface area contributed by atoms with Gasteiger partial charge in [-0.3, -0.25) is 0 Å². The third-order valence-corrected chi connectivity index (χ3v) is 3.04. The topological polar surface area (TPSA) is 55.1 Å². The molecule has 98 valence electrons. The molecule has 0 aliphatic rings. The van der Waals surface area contributed by atoms with Crippen LogP contribution < -0.4 is 0 Å². The monoisotopic (exact) mass is 264 g/mol. The van der Waals surface area contributed by atoms with Crippen molar-refractivity contribution in [2.24, 2.45) is 0 Å². The van der Waals surface area contributed by atoms with E-state index in [4.69, 9.17) is 5.11 Å². The highest BCUT2D eigenvalue weighted by Crippen LogP contribution is 2.26. The summed E-state index contributed by atoms with van der Waals surface area (Å²) in [5.74, 6) is -1.03. The highest BCUT2D eigenvalue weighted by atomic mass is 16.4. The number of para-hydroxylation sites is 1. The maximum atomic E-state index is 10.9. The Labute approximate surface area is 115 Å². The predicted molar refractivity (Wildman–Crippen MR) is 76.0 cm³/mol. The van der Waals surface area contributed by atoms with Crippen LogP contribution in [-0.4, -0.2) is 20.9 Å². The zero-order chi connectivity index (χ0) is 13.9. The molecule has 0 spiro atoms. The Morgan fingerprint density at radius 2 is 1.65 bits per heavy atom. The van der Waals surface area contributed by atoms with Gasteiger partial charge in [-0.15, -0.1) is 0 Å². The SMILES string of the molecule is O=C(O)c1ccn(-c2ccccc2-c2ccccc2)n1. The van der Waals surface area contributed by atoms with Gasteiger partial charge in [0.2, 0.25) is 0 Å². The molecule has 20 heavy (non-hydrogen) atoms. The first-order chi connectivity index (χ1) is 9.75. The molecule has 0 aliphatic heterocycles. The molecule has 3 rings (SSSR count). The van der Waals surface area contributed by atoms with Crippen LogP contribution in [0, 0.1) is 0 Å². The minimum absolute atomic E-state index is 0.0351. The fourth-order valence-corrected chi connectivity index (χ4v) is 2.11. The molecule has 1 N–H and O–H groups in total. The Kier molecular flexibility index (Phi) is 3.05. The first-order valence-electron chi connectivity index (χ1n) is 6.19. The van der Waals surface area contributed by atoms with Gasteiger partial charge in [-0.1, -0.05) is 48.5 Å². The second-order valence-electron chi connectivity index (χ2n) is 4.33. The molecule has 0 atom stereocenters. The number of hydrogen-bond acceptors (Lipinski definition) is 2. The van der Waals surface area contributed by atoms with Gasteiger partial charge in [0.25, 0.3) is 0 Å². The van der Waals surface area contributed by atoms with Crippen LogP contribution in [-0.2, 0) is 0 Å². The van der Waals surface area contributed by atoms with Crippen LogP contribution >= 0.6 is 0 Å². The Hall–Kier alpha value is -2.88. The van der Waals surface area contributed by atoms with Gasteiger partial charge in [0.05, 0.1) is 5.69 Å². The smallest absolute Gasteiger partial charge is 0.356 e. The highest BCUT2D eigenvalue weighted by molar-refractivity contribution is 5.85. The molecule has 0 unspecified atom stereocenters. The van der Waals surface area contributed by atoms with Crippen molar-refractivity contribution in [2.45, 2.75) is 0 Å². The van der Waals surface area contributed by atoms with E-state index in [0.717, 1.165) is 16.8 Å². The number of rotatable bonds is 3. The molecule has 0 amide bonds. The second-order valence-corrected chi connectivity index (χ2v) is 4.33. The molecule has 0 saturated carbocycles. The summed E-state index contributed by atoms with van der Waals surface area (Å²) in [7, 11) is 0. The van der Waals surface area contributed by atoms with Crippen molar-refractivity contribution in [3.05, 3.63) is 72.6 Å². The van der Waals surface area contributed by atoms with Crippen molar-refractivity contribution in [2.75, 3.05) is 0 Å². The molecule has 3 aromatic rings. The van der Waals surface area contributed by atoms with Crippen molar-refractivity contribution >= 4 is 5.97 Å². The fraction of sp³-hybridized carbons (Fsp3) is 0. The molecule has 0 radical (unpaired) electrons. The van der Waals surface area contributed by atoms with E-state index in [2.05, 4.69) is 5.10 Å². The minimum Gasteiger partial charge on any atom is -0.476 e. The Balaban J connectivity index is 2.12. The van der Waals surface area contributed by atoms with Crippen LogP contribution in [0.5, 0.6) is 0 Å². The first-order valence-corrected chi connectivity index (χ1v) is 6.19. The fourth-order valence-electron chi connectivity index (χ4n) is 2.11. The summed E-state index contributed by atoms with van der Waals surface area (Å²) in [6.07, 6.45) is 1.66. The van der Waals surface area contributed by atoms with Crippen molar-refractivity contribution < 1.29 is 9.90 Å². The zero-order valence-corrected chi connectivity index (χ0v) is 10.6. The Morgan fingerprint density at radius 1 is 0.950 bits per heavy atom. The molecule has 1 heterocycles. The van der Waals surface area contributed by atoms with Crippen molar-refractivity contribution in [3.8, 4) is 16.8 Å². The lowest BCUT2D eigenvalue weighted by atomic mass is 10.0. The summed E-state index contributed by atoms with van der Waals surface area (Å²) in [6.45, 7) is 0. The van der Waals surface area contributed by atoms with E-state index in [-0.39, 0.29) is 5.69 Å². The van der Waals surface area contributed by atoms with E-state index in [9.17, 15) is 4.79 Å². The quantitative estimate of drug-likeness (QED) is 0.790. The van der Waals surface area contributed by atoms with Crippen molar-refractivity contribution in [1.29, 1.82) is 0 Å². The summed E-state index contributed by atoms with van der Waals surface area (Å²) < 4.78 is 1.59. The van der Waals surface area contributed by atoms with E-state index in [0.29, 0.717) is 0 Å². The zero-order valence-electron chi connectivity index (χ0n) is 10.6. The number of aromatic nitrogens is 2.